The molecule has 2 nitrogen and oxygen atoms in total. The van der Waals surface area contributed by atoms with E-state index in [1.807, 2.05) is 25.1 Å². The van der Waals surface area contributed by atoms with Crippen molar-refractivity contribution in [3.05, 3.63) is 53.6 Å². The summed E-state index contributed by atoms with van der Waals surface area (Å²) in [5, 5.41) is 9.01. The maximum Gasteiger partial charge on any atom is 0.331 e. The molecule has 0 fully saturated rings. The number of carbonyl (C=O) groups is 1. The normalized spacial score (nSPS) is 11.0. The lowest BCUT2D eigenvalue weighted by atomic mass is 9.98. The molecule has 0 aliphatic carbocycles. The van der Waals surface area contributed by atoms with Gasteiger partial charge in [-0.15, -0.1) is 0 Å². The van der Waals surface area contributed by atoms with Crippen molar-refractivity contribution in [3.8, 4) is 0 Å². The smallest absolute Gasteiger partial charge is 0.331 e. The lowest BCUT2D eigenvalue weighted by Crippen LogP contribution is -1.99. The molecule has 0 spiro atoms. The summed E-state index contributed by atoms with van der Waals surface area (Å²) in [6, 6.07) is 5.68. The molecule has 0 atom stereocenters. The average Bonchev–Trinajstić information content (AvgIpc) is 2.34. The molecule has 0 amide bonds. The quantitative estimate of drug-likeness (QED) is 0.777. The molecule has 0 saturated heterocycles. The van der Waals surface area contributed by atoms with E-state index in [1.165, 1.54) is 0 Å². The summed E-state index contributed by atoms with van der Waals surface area (Å²) in [5.41, 5.74) is 3.11. The molecule has 88 valence electrons. The third-order valence-electron chi connectivity index (χ3n) is 2.58. The summed E-state index contributed by atoms with van der Waals surface area (Å²) in [6.07, 6.45) is 5.63. The van der Waals surface area contributed by atoms with Gasteiger partial charge >= 0.3 is 5.97 Å². The molecule has 0 heterocycles. The highest BCUT2D eigenvalue weighted by Gasteiger charge is 2.07. The minimum atomic E-state index is -0.883. The minimum absolute atomic E-state index is 0.384. The summed E-state index contributed by atoms with van der Waals surface area (Å²) in [5.74, 6) is -0.883. The number of carboxylic acid groups (broad SMARTS) is 1. The monoisotopic (exact) mass is 228 g/mol. The zero-order chi connectivity index (χ0) is 12.8. The van der Waals surface area contributed by atoms with Gasteiger partial charge in [0, 0.05) is 5.57 Å². The molecule has 0 aromatic heterocycles. The molecule has 0 bridgehead atoms. The van der Waals surface area contributed by atoms with Crippen molar-refractivity contribution in [3.63, 3.8) is 0 Å². The van der Waals surface area contributed by atoms with E-state index in [0.29, 0.717) is 12.0 Å². The standard InChI is InChI=1S/C15H16O2/c1-4-11-8-7-9-13(14(11)6-3)10-12(5-2)15(16)17/h4,6-10H,1,3,5H2,2H3,(H,16,17). The first-order chi connectivity index (χ1) is 8.13. The van der Waals surface area contributed by atoms with Crippen molar-refractivity contribution >= 4 is 24.2 Å². The molecule has 1 aromatic carbocycles. The number of carboxylic acids is 1. The Kier molecular flexibility index (Phi) is 4.46. The van der Waals surface area contributed by atoms with Crippen LogP contribution in [0.25, 0.3) is 18.2 Å². The third kappa shape index (κ3) is 2.94. The van der Waals surface area contributed by atoms with Crippen LogP contribution in [0.2, 0.25) is 0 Å². The molecule has 2 heteroatoms. The molecule has 0 saturated carbocycles. The third-order valence-corrected chi connectivity index (χ3v) is 2.58. The van der Waals surface area contributed by atoms with Crippen LogP contribution in [0.1, 0.15) is 30.0 Å². The van der Waals surface area contributed by atoms with Crippen molar-refractivity contribution < 1.29 is 9.90 Å². The summed E-state index contributed by atoms with van der Waals surface area (Å²) in [4.78, 5) is 11.0. The zero-order valence-electron chi connectivity index (χ0n) is 9.94. The Morgan fingerprint density at radius 3 is 2.41 bits per heavy atom. The molecule has 1 N–H and O–H groups in total. The van der Waals surface area contributed by atoms with Gasteiger partial charge in [-0.1, -0.05) is 50.4 Å². The predicted octanol–water partition coefficient (Wildman–Crippen LogP) is 3.85. The molecule has 1 aromatic rings. The maximum absolute atomic E-state index is 11.0. The fourth-order valence-corrected chi connectivity index (χ4v) is 1.64. The first-order valence-corrected chi connectivity index (χ1v) is 5.45. The zero-order valence-corrected chi connectivity index (χ0v) is 9.94. The maximum atomic E-state index is 11.0. The fourth-order valence-electron chi connectivity index (χ4n) is 1.64. The number of rotatable bonds is 5. The summed E-state index contributed by atoms with van der Waals surface area (Å²) < 4.78 is 0. The van der Waals surface area contributed by atoms with E-state index >= 15 is 0 Å². The van der Waals surface area contributed by atoms with E-state index in [4.69, 9.17) is 5.11 Å². The van der Waals surface area contributed by atoms with E-state index in [1.54, 1.807) is 18.2 Å². The number of benzene rings is 1. The highest BCUT2D eigenvalue weighted by atomic mass is 16.4. The van der Waals surface area contributed by atoms with E-state index < -0.39 is 5.97 Å². The highest BCUT2D eigenvalue weighted by Crippen LogP contribution is 2.21. The largest absolute Gasteiger partial charge is 0.478 e. The number of hydrogen-bond acceptors (Lipinski definition) is 1. The summed E-state index contributed by atoms with van der Waals surface area (Å²) in [7, 11) is 0. The Labute approximate surface area is 102 Å². The van der Waals surface area contributed by atoms with Crippen LogP contribution in [0.4, 0.5) is 0 Å². The molecule has 0 unspecified atom stereocenters. The van der Waals surface area contributed by atoms with E-state index in [2.05, 4.69) is 13.2 Å². The van der Waals surface area contributed by atoms with Crippen LogP contribution in [-0.2, 0) is 4.79 Å². The van der Waals surface area contributed by atoms with Crippen molar-refractivity contribution in [1.29, 1.82) is 0 Å². The van der Waals surface area contributed by atoms with E-state index in [-0.39, 0.29) is 0 Å². The second kappa shape index (κ2) is 5.85. The number of hydrogen-bond donors (Lipinski definition) is 1. The van der Waals surface area contributed by atoms with Gasteiger partial charge in [0.1, 0.15) is 0 Å². The fraction of sp³-hybridized carbons (Fsp3) is 0.133. The van der Waals surface area contributed by atoms with Crippen LogP contribution < -0.4 is 0 Å². The average molecular weight is 228 g/mol. The first kappa shape index (κ1) is 13.0. The Morgan fingerprint density at radius 1 is 1.29 bits per heavy atom. The second-order valence-corrected chi connectivity index (χ2v) is 3.59. The summed E-state index contributed by atoms with van der Waals surface area (Å²) >= 11 is 0. The predicted molar refractivity (Wildman–Crippen MR) is 72.5 cm³/mol. The van der Waals surface area contributed by atoms with Crippen LogP contribution in [0.3, 0.4) is 0 Å². The van der Waals surface area contributed by atoms with Crippen LogP contribution in [0, 0.1) is 0 Å². The van der Waals surface area contributed by atoms with Crippen molar-refractivity contribution in [2.45, 2.75) is 13.3 Å². The SMILES string of the molecule is C=Cc1cccc(C=C(CC)C(=O)O)c1C=C. The second-order valence-electron chi connectivity index (χ2n) is 3.59. The molecule has 0 aliphatic rings. The van der Waals surface area contributed by atoms with Gasteiger partial charge in [-0.25, -0.2) is 4.79 Å². The minimum Gasteiger partial charge on any atom is -0.478 e. The van der Waals surface area contributed by atoms with E-state index in [0.717, 1.165) is 16.7 Å². The van der Waals surface area contributed by atoms with Crippen molar-refractivity contribution in [2.75, 3.05) is 0 Å². The lowest BCUT2D eigenvalue weighted by molar-refractivity contribution is -0.132. The Balaban J connectivity index is 3.36. The van der Waals surface area contributed by atoms with Crippen molar-refractivity contribution in [1.82, 2.24) is 0 Å². The van der Waals surface area contributed by atoms with Gasteiger partial charge in [0.25, 0.3) is 0 Å². The molecule has 0 aliphatic heterocycles. The van der Waals surface area contributed by atoms with Crippen LogP contribution >= 0.6 is 0 Å². The molecule has 1 rings (SSSR count). The number of aliphatic carboxylic acids is 1. The summed E-state index contributed by atoms with van der Waals surface area (Å²) in [6.45, 7) is 9.31. The molecular formula is C15H16O2. The molecule has 0 radical (unpaired) electrons. The first-order valence-electron chi connectivity index (χ1n) is 5.45. The van der Waals surface area contributed by atoms with Gasteiger partial charge in [-0.05, 0) is 29.2 Å². The van der Waals surface area contributed by atoms with Gasteiger partial charge in [-0.3, -0.25) is 0 Å². The molecule has 17 heavy (non-hydrogen) atoms. The van der Waals surface area contributed by atoms with Crippen LogP contribution in [0.15, 0.2) is 36.9 Å². The Hall–Kier alpha value is -2.09. The molecular weight excluding hydrogens is 212 g/mol. The Morgan fingerprint density at radius 2 is 1.94 bits per heavy atom. The van der Waals surface area contributed by atoms with Gasteiger partial charge in [0.2, 0.25) is 0 Å². The lowest BCUT2D eigenvalue weighted by Gasteiger charge is -2.06. The van der Waals surface area contributed by atoms with Crippen molar-refractivity contribution in [2.24, 2.45) is 0 Å². The van der Waals surface area contributed by atoms with Crippen LogP contribution in [-0.4, -0.2) is 11.1 Å². The Bertz CT molecular complexity index is 482. The topological polar surface area (TPSA) is 37.3 Å². The van der Waals surface area contributed by atoms with E-state index in [9.17, 15) is 4.79 Å². The van der Waals surface area contributed by atoms with Gasteiger partial charge in [0.15, 0.2) is 0 Å². The van der Waals surface area contributed by atoms with Gasteiger partial charge < -0.3 is 5.11 Å². The van der Waals surface area contributed by atoms with Gasteiger partial charge in [-0.2, -0.15) is 0 Å². The van der Waals surface area contributed by atoms with Crippen LogP contribution in [0.5, 0.6) is 0 Å². The van der Waals surface area contributed by atoms with Gasteiger partial charge in [0.05, 0.1) is 0 Å². The highest BCUT2D eigenvalue weighted by molar-refractivity contribution is 5.93.